The average Bonchev–Trinajstić information content (AvgIpc) is 3.17. The smallest absolute Gasteiger partial charge is 0.462 e. The number of nitrogens with two attached hydrogens (primary N) is 1. The van der Waals surface area contributed by atoms with E-state index in [1.54, 1.807) is 0 Å². The van der Waals surface area contributed by atoms with E-state index in [1.807, 2.05) is 0 Å². The van der Waals surface area contributed by atoms with E-state index in [0.29, 0.717) is 12.8 Å². The number of carbonyl (C=O) groups is 2. The van der Waals surface area contributed by atoms with E-state index in [4.69, 9.17) is 24.3 Å². The van der Waals surface area contributed by atoms with Crippen LogP contribution in [0.15, 0.2) is 36.5 Å². The van der Waals surface area contributed by atoms with Crippen LogP contribution in [0.1, 0.15) is 206 Å². The van der Waals surface area contributed by atoms with Gasteiger partial charge in [0.05, 0.1) is 13.2 Å². The zero-order valence-corrected chi connectivity index (χ0v) is 36.3. The van der Waals surface area contributed by atoms with Crippen LogP contribution in [-0.2, 0) is 32.7 Å². The van der Waals surface area contributed by atoms with Crippen molar-refractivity contribution < 1.29 is 37.6 Å². The van der Waals surface area contributed by atoms with Gasteiger partial charge in [-0.1, -0.05) is 185 Å². The molecule has 0 fully saturated rings. The fraction of sp³-hybridized carbons (Fsp3) is 0.822. The average molecular weight is 798 g/mol. The Morgan fingerprint density at radius 3 is 1.49 bits per heavy atom. The van der Waals surface area contributed by atoms with Gasteiger partial charge in [0.15, 0.2) is 6.10 Å². The normalized spacial score (nSPS) is 13.6. The number of phosphoric ester groups is 1. The van der Waals surface area contributed by atoms with Crippen LogP contribution in [0.25, 0.3) is 0 Å². The van der Waals surface area contributed by atoms with Crippen LogP contribution in [0, 0.1) is 0 Å². The van der Waals surface area contributed by atoms with Gasteiger partial charge in [0, 0.05) is 19.4 Å². The quantitative estimate of drug-likeness (QED) is 0.0268. The van der Waals surface area contributed by atoms with Crippen LogP contribution in [0.5, 0.6) is 0 Å². The molecule has 0 rings (SSSR count). The van der Waals surface area contributed by atoms with E-state index in [1.165, 1.54) is 103 Å². The van der Waals surface area contributed by atoms with Crippen LogP contribution in [-0.4, -0.2) is 49.3 Å². The Kier molecular flexibility index (Phi) is 40.5. The summed E-state index contributed by atoms with van der Waals surface area (Å²) in [7, 11) is -4.38. The number of rotatable bonds is 42. The molecule has 0 aromatic rings. The Morgan fingerprint density at radius 1 is 0.564 bits per heavy atom. The third-order valence-corrected chi connectivity index (χ3v) is 10.5. The minimum atomic E-state index is -4.38. The van der Waals surface area contributed by atoms with Crippen molar-refractivity contribution in [1.29, 1.82) is 0 Å². The van der Waals surface area contributed by atoms with E-state index in [9.17, 15) is 19.0 Å². The molecule has 0 aromatic carbocycles. The summed E-state index contributed by atoms with van der Waals surface area (Å²) in [6, 6.07) is 0. The molecule has 0 aliphatic rings. The second-order valence-corrected chi connectivity index (χ2v) is 16.3. The van der Waals surface area contributed by atoms with Gasteiger partial charge >= 0.3 is 19.8 Å². The van der Waals surface area contributed by atoms with Crippen molar-refractivity contribution in [1.82, 2.24) is 0 Å². The highest BCUT2D eigenvalue weighted by Crippen LogP contribution is 2.43. The summed E-state index contributed by atoms with van der Waals surface area (Å²) < 4.78 is 32.8. The zero-order valence-electron chi connectivity index (χ0n) is 35.4. The van der Waals surface area contributed by atoms with Gasteiger partial charge < -0.3 is 20.1 Å². The van der Waals surface area contributed by atoms with Crippen LogP contribution >= 0.6 is 7.82 Å². The highest BCUT2D eigenvalue weighted by molar-refractivity contribution is 7.47. The lowest BCUT2D eigenvalue weighted by atomic mass is 10.0. The molecule has 0 aliphatic carbocycles. The zero-order chi connectivity index (χ0) is 40.3. The van der Waals surface area contributed by atoms with Gasteiger partial charge in [-0.05, 0) is 44.9 Å². The van der Waals surface area contributed by atoms with E-state index in [-0.39, 0.29) is 32.6 Å². The molecule has 0 spiro atoms. The molecule has 10 heteroatoms. The van der Waals surface area contributed by atoms with Crippen molar-refractivity contribution in [3.63, 3.8) is 0 Å². The monoisotopic (exact) mass is 798 g/mol. The van der Waals surface area contributed by atoms with Gasteiger partial charge in [-0.25, -0.2) is 4.57 Å². The Hall–Kier alpha value is -1.77. The molecule has 0 aromatic heterocycles. The number of esters is 2. The number of carbonyl (C=O) groups excluding carboxylic acids is 2. The van der Waals surface area contributed by atoms with E-state index in [2.05, 4.69) is 50.3 Å². The predicted molar refractivity (Wildman–Crippen MR) is 229 cm³/mol. The van der Waals surface area contributed by atoms with Gasteiger partial charge in [0.1, 0.15) is 6.61 Å². The second kappa shape index (κ2) is 41.9. The fourth-order valence-corrected chi connectivity index (χ4v) is 7.00. The van der Waals surface area contributed by atoms with Crippen LogP contribution in [0.3, 0.4) is 0 Å². The lowest BCUT2D eigenvalue weighted by molar-refractivity contribution is -0.161. The molecule has 0 bridgehead atoms. The Bertz CT molecular complexity index is 1000. The van der Waals surface area contributed by atoms with E-state index < -0.39 is 32.5 Å². The number of hydrogen-bond donors (Lipinski definition) is 2. The molecule has 55 heavy (non-hydrogen) atoms. The first-order chi connectivity index (χ1) is 26.8. The number of ether oxygens (including phenoxy) is 2. The molecular weight excluding hydrogens is 713 g/mol. The summed E-state index contributed by atoms with van der Waals surface area (Å²) >= 11 is 0. The topological polar surface area (TPSA) is 134 Å². The maximum Gasteiger partial charge on any atom is 0.472 e. The third kappa shape index (κ3) is 41.7. The van der Waals surface area contributed by atoms with Crippen molar-refractivity contribution in [3.8, 4) is 0 Å². The number of hydrogen-bond acceptors (Lipinski definition) is 8. The fourth-order valence-electron chi connectivity index (χ4n) is 6.24. The number of phosphoric acid groups is 1. The van der Waals surface area contributed by atoms with E-state index in [0.717, 1.165) is 64.2 Å². The summed E-state index contributed by atoms with van der Waals surface area (Å²) in [4.78, 5) is 34.9. The summed E-state index contributed by atoms with van der Waals surface area (Å²) in [5.74, 6) is -0.842. The molecule has 0 saturated carbocycles. The van der Waals surface area contributed by atoms with Crippen molar-refractivity contribution in [2.45, 2.75) is 213 Å². The van der Waals surface area contributed by atoms with Crippen LogP contribution in [0.2, 0.25) is 0 Å². The molecule has 2 atom stereocenters. The molecule has 0 aliphatic heterocycles. The molecule has 322 valence electrons. The standard InChI is InChI=1S/C45H84NO8P/c1-3-5-7-9-11-13-15-17-19-20-21-22-24-26-28-30-32-34-36-38-45(48)54-43(42-53-55(49,50)52-40-39-46)41-51-44(47)37-35-33-31-29-27-25-23-18-16-14-12-10-8-6-4-2/h6,8,12,14,18,23,43H,3-5,7,9-11,13,15-17,19-22,24-42,46H2,1-2H3,(H,49,50)/b8-6-,14-12-,23-18-/t43-/m1/s1. The van der Waals surface area contributed by atoms with Crippen molar-refractivity contribution in [2.75, 3.05) is 26.4 Å². The largest absolute Gasteiger partial charge is 0.472 e. The number of allylic oxidation sites excluding steroid dienone is 6. The first-order valence-electron chi connectivity index (χ1n) is 22.5. The Balaban J connectivity index is 4.11. The Labute approximate surface area is 337 Å². The molecule has 9 nitrogen and oxygen atoms in total. The number of unbranched alkanes of at least 4 members (excludes halogenated alkanes) is 23. The summed E-state index contributed by atoms with van der Waals surface area (Å²) in [6.45, 7) is 3.62. The molecule has 1 unspecified atom stereocenters. The Morgan fingerprint density at radius 2 is 1.00 bits per heavy atom. The van der Waals surface area contributed by atoms with Gasteiger partial charge in [-0.15, -0.1) is 0 Å². The molecule has 0 amide bonds. The first kappa shape index (κ1) is 53.2. The summed E-state index contributed by atoms with van der Waals surface area (Å²) in [6.07, 6.45) is 46.0. The molecule has 0 saturated heterocycles. The van der Waals surface area contributed by atoms with Crippen LogP contribution < -0.4 is 5.73 Å². The SMILES string of the molecule is CC/C=C\C/C=C\C/C=C\CCCCCCCC(=O)OC[C@H](COP(=O)(O)OCCN)OC(=O)CCCCCCCCCCCCCCCCCCCCC. The summed E-state index contributed by atoms with van der Waals surface area (Å²) in [5.41, 5.74) is 5.35. The maximum atomic E-state index is 12.6. The highest BCUT2D eigenvalue weighted by atomic mass is 31.2. The minimum absolute atomic E-state index is 0.0515. The molecular formula is C45H84NO8P. The predicted octanol–water partition coefficient (Wildman–Crippen LogP) is 12.9. The van der Waals surface area contributed by atoms with Gasteiger partial charge in [0.2, 0.25) is 0 Å². The first-order valence-corrected chi connectivity index (χ1v) is 24.0. The lowest BCUT2D eigenvalue weighted by Gasteiger charge is -2.19. The second-order valence-electron chi connectivity index (χ2n) is 14.9. The molecule has 3 N–H and O–H groups in total. The minimum Gasteiger partial charge on any atom is -0.462 e. The molecule has 0 radical (unpaired) electrons. The van der Waals surface area contributed by atoms with Crippen LogP contribution in [0.4, 0.5) is 0 Å². The van der Waals surface area contributed by atoms with Gasteiger partial charge in [-0.3, -0.25) is 18.6 Å². The highest BCUT2D eigenvalue weighted by Gasteiger charge is 2.26. The maximum absolute atomic E-state index is 12.6. The van der Waals surface area contributed by atoms with E-state index >= 15 is 0 Å². The van der Waals surface area contributed by atoms with Gasteiger partial charge in [-0.2, -0.15) is 0 Å². The van der Waals surface area contributed by atoms with Crippen molar-refractivity contribution in [2.24, 2.45) is 5.73 Å². The summed E-state index contributed by atoms with van der Waals surface area (Å²) in [5, 5.41) is 0. The molecule has 0 heterocycles. The van der Waals surface area contributed by atoms with Gasteiger partial charge in [0.25, 0.3) is 0 Å². The third-order valence-electron chi connectivity index (χ3n) is 9.54. The van der Waals surface area contributed by atoms with Crippen molar-refractivity contribution in [3.05, 3.63) is 36.5 Å². The van der Waals surface area contributed by atoms with Crippen molar-refractivity contribution >= 4 is 19.8 Å². The lowest BCUT2D eigenvalue weighted by Crippen LogP contribution is -2.29.